The number of benzene rings is 2. The lowest BCUT2D eigenvalue weighted by Gasteiger charge is -2.28. The Morgan fingerprint density at radius 3 is 2.75 bits per heavy atom. The molecule has 2 heterocycles. The molecule has 32 heavy (non-hydrogen) atoms. The highest BCUT2D eigenvalue weighted by atomic mass is 127. The molecule has 0 fully saturated rings. The number of fused-ring (bicyclic) bond motifs is 2. The minimum absolute atomic E-state index is 0. The standard InChI is InChI=1S/C25H33N5O.HI/c1-2-26-25(28-17-21-16-24(31)29-23-11-6-5-10-22(21)23)27-13-7-14-30-15-12-19-8-3-4-9-20(19)18-30;/h3-6,8-11,21H,2,7,12-18H2,1H3,(H,29,31)(H2,26,27,28);1H. The Labute approximate surface area is 208 Å². The maximum Gasteiger partial charge on any atom is 0.225 e. The van der Waals surface area contributed by atoms with Gasteiger partial charge in [-0.2, -0.15) is 0 Å². The number of rotatable bonds is 7. The average molecular weight is 547 g/mol. The van der Waals surface area contributed by atoms with Crippen LogP contribution in [0.15, 0.2) is 53.5 Å². The Morgan fingerprint density at radius 1 is 1.12 bits per heavy atom. The first-order valence-corrected chi connectivity index (χ1v) is 11.4. The number of anilines is 1. The van der Waals surface area contributed by atoms with E-state index >= 15 is 0 Å². The minimum atomic E-state index is 0. The molecule has 3 N–H and O–H groups in total. The summed E-state index contributed by atoms with van der Waals surface area (Å²) in [6.07, 6.45) is 2.70. The van der Waals surface area contributed by atoms with Crippen LogP contribution in [0.2, 0.25) is 0 Å². The van der Waals surface area contributed by atoms with E-state index in [4.69, 9.17) is 4.99 Å². The minimum Gasteiger partial charge on any atom is -0.357 e. The summed E-state index contributed by atoms with van der Waals surface area (Å²) in [5.41, 5.74) is 5.05. The van der Waals surface area contributed by atoms with E-state index in [2.05, 4.69) is 58.1 Å². The number of amides is 1. The van der Waals surface area contributed by atoms with Crippen LogP contribution >= 0.6 is 24.0 Å². The van der Waals surface area contributed by atoms with Crippen molar-refractivity contribution >= 4 is 41.5 Å². The predicted octanol–water partition coefficient (Wildman–Crippen LogP) is 3.73. The largest absolute Gasteiger partial charge is 0.357 e. The van der Waals surface area contributed by atoms with Crippen molar-refractivity contribution in [2.75, 3.05) is 38.0 Å². The summed E-state index contributed by atoms with van der Waals surface area (Å²) in [6, 6.07) is 16.8. The van der Waals surface area contributed by atoms with E-state index in [0.717, 1.165) is 57.2 Å². The van der Waals surface area contributed by atoms with Crippen molar-refractivity contribution in [3.63, 3.8) is 0 Å². The Morgan fingerprint density at radius 2 is 1.91 bits per heavy atom. The Kier molecular flexibility index (Phi) is 9.35. The maximum absolute atomic E-state index is 12.0. The van der Waals surface area contributed by atoms with E-state index in [9.17, 15) is 4.79 Å². The number of carbonyl (C=O) groups is 1. The van der Waals surface area contributed by atoms with Crippen molar-refractivity contribution < 1.29 is 4.79 Å². The van der Waals surface area contributed by atoms with Crippen LogP contribution in [-0.2, 0) is 17.8 Å². The summed E-state index contributed by atoms with van der Waals surface area (Å²) >= 11 is 0. The summed E-state index contributed by atoms with van der Waals surface area (Å²) < 4.78 is 0. The van der Waals surface area contributed by atoms with E-state index in [1.54, 1.807) is 0 Å². The van der Waals surface area contributed by atoms with Crippen LogP contribution in [0.3, 0.4) is 0 Å². The van der Waals surface area contributed by atoms with Gasteiger partial charge in [-0.3, -0.25) is 14.7 Å². The van der Waals surface area contributed by atoms with E-state index < -0.39 is 0 Å². The number of nitrogens with one attached hydrogen (secondary N) is 3. The maximum atomic E-state index is 12.0. The molecule has 0 radical (unpaired) electrons. The average Bonchev–Trinajstić information content (AvgIpc) is 2.79. The third kappa shape index (κ3) is 6.45. The number of hydrogen-bond acceptors (Lipinski definition) is 3. The van der Waals surface area contributed by atoms with Gasteiger partial charge in [0.05, 0.1) is 6.54 Å². The second-order valence-corrected chi connectivity index (χ2v) is 8.33. The molecule has 2 aliphatic heterocycles. The van der Waals surface area contributed by atoms with E-state index in [1.165, 1.54) is 16.7 Å². The lowest BCUT2D eigenvalue weighted by Crippen LogP contribution is -2.39. The number of aliphatic imine (C=N–C) groups is 1. The van der Waals surface area contributed by atoms with Gasteiger partial charge in [0.1, 0.15) is 0 Å². The van der Waals surface area contributed by atoms with Crippen molar-refractivity contribution in [1.29, 1.82) is 0 Å². The van der Waals surface area contributed by atoms with Crippen LogP contribution in [0.5, 0.6) is 0 Å². The van der Waals surface area contributed by atoms with Crippen molar-refractivity contribution in [1.82, 2.24) is 15.5 Å². The van der Waals surface area contributed by atoms with E-state index in [0.29, 0.717) is 13.0 Å². The molecule has 6 nitrogen and oxygen atoms in total. The summed E-state index contributed by atoms with van der Waals surface area (Å²) in [4.78, 5) is 19.4. The molecule has 0 aliphatic carbocycles. The molecule has 7 heteroatoms. The lowest BCUT2D eigenvalue weighted by atomic mass is 9.91. The molecule has 2 aromatic carbocycles. The van der Waals surface area contributed by atoms with Crippen LogP contribution in [0.1, 0.15) is 42.4 Å². The van der Waals surface area contributed by atoms with Gasteiger partial charge in [-0.15, -0.1) is 24.0 Å². The number of para-hydroxylation sites is 1. The summed E-state index contributed by atoms with van der Waals surface area (Å²) in [5.74, 6) is 1.02. The molecule has 1 unspecified atom stereocenters. The molecule has 0 saturated heterocycles. The van der Waals surface area contributed by atoms with Gasteiger partial charge in [0, 0.05) is 50.7 Å². The number of carbonyl (C=O) groups excluding carboxylic acids is 1. The quantitative estimate of drug-likeness (QED) is 0.214. The van der Waals surface area contributed by atoms with Crippen molar-refractivity contribution in [2.45, 2.75) is 38.6 Å². The first kappa shape index (κ1) is 24.5. The number of halogens is 1. The first-order valence-electron chi connectivity index (χ1n) is 11.4. The molecular weight excluding hydrogens is 513 g/mol. The molecule has 172 valence electrons. The van der Waals surface area contributed by atoms with Gasteiger partial charge in [0.25, 0.3) is 0 Å². The summed E-state index contributed by atoms with van der Waals surface area (Å²) in [6.45, 7) is 7.63. The second-order valence-electron chi connectivity index (χ2n) is 8.33. The number of nitrogens with zero attached hydrogens (tertiary/aromatic N) is 2. The molecule has 0 bridgehead atoms. The van der Waals surface area contributed by atoms with E-state index in [-0.39, 0.29) is 35.8 Å². The third-order valence-corrected chi connectivity index (χ3v) is 6.07. The first-order chi connectivity index (χ1) is 15.2. The normalized spacial score (nSPS) is 18.1. The Balaban J connectivity index is 0.00000289. The fourth-order valence-corrected chi connectivity index (χ4v) is 4.46. The third-order valence-electron chi connectivity index (χ3n) is 6.07. The molecule has 1 amide bonds. The molecule has 4 rings (SSSR count). The molecule has 2 aliphatic rings. The van der Waals surface area contributed by atoms with Crippen molar-refractivity contribution in [3.05, 3.63) is 65.2 Å². The van der Waals surface area contributed by atoms with Gasteiger partial charge in [0.2, 0.25) is 5.91 Å². The van der Waals surface area contributed by atoms with E-state index in [1.807, 2.05) is 18.2 Å². The molecule has 0 saturated carbocycles. The van der Waals surface area contributed by atoms with Crippen molar-refractivity contribution in [3.8, 4) is 0 Å². The Bertz CT molecular complexity index is 932. The van der Waals surface area contributed by atoms with Crippen LogP contribution in [-0.4, -0.2) is 49.5 Å². The van der Waals surface area contributed by atoms with Gasteiger partial charge >= 0.3 is 0 Å². The monoisotopic (exact) mass is 547 g/mol. The number of hydrogen-bond donors (Lipinski definition) is 3. The molecule has 2 aromatic rings. The summed E-state index contributed by atoms with van der Waals surface area (Å²) in [5, 5.41) is 9.76. The highest BCUT2D eigenvalue weighted by molar-refractivity contribution is 14.0. The molecule has 0 spiro atoms. The zero-order valence-corrected chi connectivity index (χ0v) is 21.1. The molecule has 1 atom stereocenters. The molecular formula is C25H34IN5O. The predicted molar refractivity (Wildman–Crippen MR) is 142 cm³/mol. The summed E-state index contributed by atoms with van der Waals surface area (Å²) in [7, 11) is 0. The van der Waals surface area contributed by atoms with Gasteiger partial charge in [0.15, 0.2) is 5.96 Å². The zero-order chi connectivity index (χ0) is 21.5. The van der Waals surface area contributed by atoms with Crippen LogP contribution in [0.25, 0.3) is 0 Å². The zero-order valence-electron chi connectivity index (χ0n) is 18.8. The second kappa shape index (κ2) is 12.2. The van der Waals surface area contributed by atoms with Crippen LogP contribution in [0.4, 0.5) is 5.69 Å². The smallest absolute Gasteiger partial charge is 0.225 e. The van der Waals surface area contributed by atoms with Gasteiger partial charge in [-0.25, -0.2) is 0 Å². The highest BCUT2D eigenvalue weighted by Crippen LogP contribution is 2.32. The van der Waals surface area contributed by atoms with Gasteiger partial charge in [-0.05, 0) is 42.5 Å². The fraction of sp³-hybridized carbons (Fsp3) is 0.440. The highest BCUT2D eigenvalue weighted by Gasteiger charge is 2.24. The van der Waals surface area contributed by atoms with Crippen LogP contribution < -0.4 is 16.0 Å². The van der Waals surface area contributed by atoms with Gasteiger partial charge < -0.3 is 16.0 Å². The SMILES string of the molecule is CCNC(=NCC1CC(=O)Nc2ccccc21)NCCCN1CCc2ccccc2C1.I. The topological polar surface area (TPSA) is 68.8 Å². The van der Waals surface area contributed by atoms with Gasteiger partial charge in [-0.1, -0.05) is 42.5 Å². The van der Waals surface area contributed by atoms with Crippen molar-refractivity contribution in [2.24, 2.45) is 4.99 Å². The number of guanidine groups is 1. The van der Waals surface area contributed by atoms with Crippen LogP contribution in [0, 0.1) is 0 Å². The Hall–Kier alpha value is -2.13. The lowest BCUT2D eigenvalue weighted by molar-refractivity contribution is -0.116. The fourth-order valence-electron chi connectivity index (χ4n) is 4.46. The molecule has 0 aromatic heterocycles.